The van der Waals surface area contributed by atoms with Crippen molar-refractivity contribution in [2.75, 3.05) is 0 Å². The minimum absolute atomic E-state index is 0.632. The maximum absolute atomic E-state index is 5.18. The van der Waals surface area contributed by atoms with Crippen molar-refractivity contribution >= 4 is 75.1 Å². The third-order valence-electron chi connectivity index (χ3n) is 12.4. The molecule has 4 heterocycles. The zero-order valence-corrected chi connectivity index (χ0v) is 34.7. The summed E-state index contributed by atoms with van der Waals surface area (Å²) < 4.78 is 7.40. The van der Waals surface area contributed by atoms with Gasteiger partial charge in [0, 0.05) is 59.4 Å². The van der Waals surface area contributed by atoms with Crippen LogP contribution in [0.3, 0.4) is 0 Å². The monoisotopic (exact) mass is 821 g/mol. The summed E-state index contributed by atoms with van der Waals surface area (Å²) in [6.45, 7) is 0. The van der Waals surface area contributed by atoms with Gasteiger partial charge in [0.2, 0.25) is 0 Å². The molecule has 0 aliphatic rings. The summed E-state index contributed by atoms with van der Waals surface area (Å²) in [5.41, 5.74) is 12.2. The highest BCUT2D eigenvalue weighted by Gasteiger charge is 2.22. The molecule has 0 saturated carbocycles. The van der Waals surface area contributed by atoms with Crippen molar-refractivity contribution < 1.29 is 0 Å². The lowest BCUT2D eigenvalue weighted by Gasteiger charge is -2.11. The molecule has 0 bridgehead atoms. The maximum atomic E-state index is 5.18. The van der Waals surface area contributed by atoms with Crippen LogP contribution in [0.1, 0.15) is 0 Å². The summed E-state index contributed by atoms with van der Waals surface area (Å²) in [6, 6.07) is 75.4. The highest BCUT2D eigenvalue weighted by atomic mass is 32.1. The predicted octanol–water partition coefficient (Wildman–Crippen LogP) is 15.1. The Morgan fingerprint density at radius 2 is 0.841 bits per heavy atom. The summed E-state index contributed by atoms with van der Waals surface area (Å²) in [5.74, 6) is 1.91. The normalized spacial score (nSPS) is 11.8. The van der Waals surface area contributed by atoms with Gasteiger partial charge in [0.05, 0.1) is 32.5 Å². The number of benzene rings is 9. The lowest BCUT2D eigenvalue weighted by Crippen LogP contribution is -2.00. The molecular formula is C57H35N5S. The zero-order chi connectivity index (χ0) is 41.4. The Hall–Kier alpha value is -8.19. The summed E-state index contributed by atoms with van der Waals surface area (Å²) in [7, 11) is 0. The molecule has 0 fully saturated rings. The minimum atomic E-state index is 0.632. The van der Waals surface area contributed by atoms with Crippen LogP contribution in [0.4, 0.5) is 0 Å². The molecule has 6 heteroatoms. The molecule has 4 aromatic heterocycles. The highest BCUT2D eigenvalue weighted by molar-refractivity contribution is 7.26. The van der Waals surface area contributed by atoms with Crippen LogP contribution < -0.4 is 0 Å². The van der Waals surface area contributed by atoms with Crippen LogP contribution in [0.5, 0.6) is 0 Å². The topological polar surface area (TPSA) is 48.5 Å². The van der Waals surface area contributed by atoms with E-state index in [1.807, 2.05) is 35.6 Å². The third-order valence-corrected chi connectivity index (χ3v) is 13.6. The second-order valence-electron chi connectivity index (χ2n) is 16.0. The van der Waals surface area contributed by atoms with Gasteiger partial charge >= 0.3 is 0 Å². The molecule has 0 spiro atoms. The fraction of sp³-hybridized carbons (Fsp3) is 0. The van der Waals surface area contributed by atoms with E-state index in [1.165, 1.54) is 64.1 Å². The van der Waals surface area contributed by atoms with Gasteiger partial charge in [-0.05, 0) is 65.7 Å². The first-order chi connectivity index (χ1) is 31.2. The Labute approximate surface area is 366 Å². The van der Waals surface area contributed by atoms with E-state index in [0.29, 0.717) is 17.5 Å². The Morgan fingerprint density at radius 3 is 1.52 bits per heavy atom. The van der Waals surface area contributed by atoms with E-state index in [2.05, 4.69) is 197 Å². The van der Waals surface area contributed by atoms with Crippen molar-refractivity contribution in [2.24, 2.45) is 0 Å². The lowest BCUT2D eigenvalue weighted by molar-refractivity contribution is 1.07. The van der Waals surface area contributed by atoms with Crippen molar-refractivity contribution in [2.45, 2.75) is 0 Å². The summed E-state index contributed by atoms with van der Waals surface area (Å²) in [4.78, 5) is 15.4. The average Bonchev–Trinajstić information content (AvgIpc) is 4.02. The molecule has 9 aromatic carbocycles. The fourth-order valence-corrected chi connectivity index (χ4v) is 10.8. The van der Waals surface area contributed by atoms with Gasteiger partial charge in [0.15, 0.2) is 17.5 Å². The Bertz CT molecular complexity index is 3830. The second-order valence-corrected chi connectivity index (χ2v) is 17.0. The third kappa shape index (κ3) is 5.66. The van der Waals surface area contributed by atoms with Crippen LogP contribution in [-0.4, -0.2) is 24.1 Å². The smallest absolute Gasteiger partial charge is 0.164 e. The molecule has 0 unspecified atom stereocenters. The quantitative estimate of drug-likeness (QED) is 0.168. The van der Waals surface area contributed by atoms with Gasteiger partial charge < -0.3 is 9.13 Å². The van der Waals surface area contributed by atoms with E-state index in [9.17, 15) is 0 Å². The Balaban J connectivity index is 1.03. The standard InChI is InChI=1S/C57H35N5S/c1-4-15-36(16-5-1)37-27-29-39(30-28-37)56-58-55(38-17-6-2-7-18-38)59-57(60-56)40-31-34-49-46(35-40)44-32-33-45-52-50(62-47-23-12-10-21-42(47)43-22-11-13-24-48(43)62)25-14-26-51(52)63-54(45)53(44)61(49)41-19-8-3-9-20-41/h1-35H. The first-order valence-electron chi connectivity index (χ1n) is 21.2. The number of thiophene rings is 1. The van der Waals surface area contributed by atoms with Crippen molar-refractivity contribution in [1.29, 1.82) is 0 Å². The fourth-order valence-electron chi connectivity index (χ4n) is 9.51. The Kier molecular flexibility index (Phi) is 8.01. The molecule has 0 aliphatic heterocycles. The number of para-hydroxylation sites is 3. The van der Waals surface area contributed by atoms with E-state index in [1.54, 1.807) is 0 Å². The van der Waals surface area contributed by atoms with Crippen molar-refractivity contribution in [3.8, 4) is 56.7 Å². The highest BCUT2D eigenvalue weighted by Crippen LogP contribution is 2.46. The number of hydrogen-bond acceptors (Lipinski definition) is 4. The molecule has 0 radical (unpaired) electrons. The first kappa shape index (κ1) is 35.6. The van der Waals surface area contributed by atoms with Gasteiger partial charge in [-0.3, -0.25) is 0 Å². The number of nitrogens with zero attached hydrogens (tertiary/aromatic N) is 5. The van der Waals surface area contributed by atoms with Crippen molar-refractivity contribution in [1.82, 2.24) is 24.1 Å². The van der Waals surface area contributed by atoms with Gasteiger partial charge in [-0.2, -0.15) is 0 Å². The molecule has 0 atom stereocenters. The van der Waals surface area contributed by atoms with Crippen LogP contribution in [-0.2, 0) is 0 Å². The van der Waals surface area contributed by atoms with Crippen molar-refractivity contribution in [3.05, 3.63) is 212 Å². The number of hydrogen-bond donors (Lipinski definition) is 0. The largest absolute Gasteiger partial charge is 0.309 e. The van der Waals surface area contributed by atoms with Crippen molar-refractivity contribution in [3.63, 3.8) is 0 Å². The molecule has 5 nitrogen and oxygen atoms in total. The van der Waals surface area contributed by atoms with E-state index in [4.69, 9.17) is 15.0 Å². The summed E-state index contributed by atoms with van der Waals surface area (Å²) in [5, 5.41) is 7.35. The summed E-state index contributed by atoms with van der Waals surface area (Å²) in [6.07, 6.45) is 0. The number of fused-ring (bicyclic) bond motifs is 10. The minimum Gasteiger partial charge on any atom is -0.309 e. The van der Waals surface area contributed by atoms with Gasteiger partial charge in [0.1, 0.15) is 0 Å². The van der Waals surface area contributed by atoms with E-state index < -0.39 is 0 Å². The second kappa shape index (κ2) is 14.2. The van der Waals surface area contributed by atoms with Crippen LogP contribution >= 0.6 is 11.3 Å². The van der Waals surface area contributed by atoms with Gasteiger partial charge in [-0.1, -0.05) is 158 Å². The van der Waals surface area contributed by atoms with Crippen LogP contribution in [0.25, 0.3) is 120 Å². The first-order valence-corrected chi connectivity index (χ1v) is 22.0. The van der Waals surface area contributed by atoms with E-state index in [0.717, 1.165) is 38.8 Å². The van der Waals surface area contributed by atoms with Crippen LogP contribution in [0.15, 0.2) is 212 Å². The van der Waals surface area contributed by atoms with E-state index in [-0.39, 0.29) is 0 Å². The molecule has 13 aromatic rings. The SMILES string of the molecule is c1ccc(-c2ccc(-c3nc(-c4ccccc4)nc(-c4ccc5c(c4)c4ccc6c(sc7cccc(-n8c9ccccc9c9ccccc98)c76)c4n5-c4ccccc4)n3)cc2)cc1. The Morgan fingerprint density at radius 1 is 0.333 bits per heavy atom. The lowest BCUT2D eigenvalue weighted by atomic mass is 10.0. The predicted molar refractivity (Wildman–Crippen MR) is 263 cm³/mol. The molecule has 13 rings (SSSR count). The van der Waals surface area contributed by atoms with Gasteiger partial charge in [-0.25, -0.2) is 15.0 Å². The molecule has 0 aliphatic carbocycles. The number of aromatic nitrogens is 5. The molecule has 63 heavy (non-hydrogen) atoms. The molecule has 0 N–H and O–H groups in total. The summed E-state index contributed by atoms with van der Waals surface area (Å²) >= 11 is 1.87. The molecule has 294 valence electrons. The van der Waals surface area contributed by atoms with Gasteiger partial charge in [0.25, 0.3) is 0 Å². The van der Waals surface area contributed by atoms with Gasteiger partial charge in [-0.15, -0.1) is 11.3 Å². The van der Waals surface area contributed by atoms with E-state index >= 15 is 0 Å². The molecular weight excluding hydrogens is 787 g/mol. The molecule has 0 amide bonds. The molecule has 0 saturated heterocycles. The van der Waals surface area contributed by atoms with Crippen LogP contribution in [0, 0.1) is 0 Å². The zero-order valence-electron chi connectivity index (χ0n) is 33.9. The van der Waals surface area contributed by atoms with Crippen LogP contribution in [0.2, 0.25) is 0 Å². The maximum Gasteiger partial charge on any atom is 0.164 e. The number of rotatable bonds is 6. The average molecular weight is 822 g/mol.